The van der Waals surface area contributed by atoms with Gasteiger partial charge in [-0.05, 0) is 37.1 Å². The third kappa shape index (κ3) is 3.41. The van der Waals surface area contributed by atoms with Gasteiger partial charge in [0.15, 0.2) is 0 Å². The zero-order chi connectivity index (χ0) is 18.8. The second-order valence-corrected chi connectivity index (χ2v) is 6.16. The van der Waals surface area contributed by atoms with E-state index in [9.17, 15) is 9.59 Å². The molecule has 0 fully saturated rings. The van der Waals surface area contributed by atoms with Gasteiger partial charge in [0.25, 0.3) is 5.56 Å². The Morgan fingerprint density at radius 1 is 1.22 bits per heavy atom. The molecule has 8 nitrogen and oxygen atoms in total. The molecule has 4 aromatic heterocycles. The standard InChI is InChI=1S/C19H16N4O4/c1-12-10-16(24)26-14-6-9-23(19(25)17(12)14)8-3-5-15-21-18(22-27-15)13-4-2-7-20-11-13/h2,4,6-7,9-11H,3,5,8H2,1H3. The summed E-state index contributed by atoms with van der Waals surface area (Å²) in [5, 5.41) is 4.38. The monoisotopic (exact) mass is 364 g/mol. The van der Waals surface area contributed by atoms with Gasteiger partial charge in [-0.15, -0.1) is 0 Å². The molecule has 27 heavy (non-hydrogen) atoms. The zero-order valence-electron chi connectivity index (χ0n) is 14.6. The van der Waals surface area contributed by atoms with Crippen LogP contribution in [0, 0.1) is 6.92 Å². The van der Waals surface area contributed by atoms with Crippen LogP contribution in [-0.2, 0) is 13.0 Å². The van der Waals surface area contributed by atoms with E-state index in [0.717, 1.165) is 5.56 Å². The van der Waals surface area contributed by atoms with Crippen molar-refractivity contribution in [2.45, 2.75) is 26.3 Å². The SMILES string of the molecule is Cc1cc(=O)oc2ccn(CCCc3nc(-c4cccnc4)no3)c(=O)c12. The van der Waals surface area contributed by atoms with E-state index < -0.39 is 5.63 Å². The van der Waals surface area contributed by atoms with Crippen LogP contribution in [-0.4, -0.2) is 19.7 Å². The first-order chi connectivity index (χ1) is 13.1. The van der Waals surface area contributed by atoms with E-state index in [0.29, 0.717) is 47.6 Å². The molecule has 0 unspecified atom stereocenters. The number of hydrogen-bond acceptors (Lipinski definition) is 7. The minimum atomic E-state index is -0.460. The number of aromatic nitrogens is 4. The molecule has 0 saturated carbocycles. The van der Waals surface area contributed by atoms with E-state index >= 15 is 0 Å². The number of nitrogens with zero attached hydrogens (tertiary/aromatic N) is 4. The fraction of sp³-hybridized carbons (Fsp3) is 0.211. The van der Waals surface area contributed by atoms with Crippen molar-refractivity contribution in [2.24, 2.45) is 0 Å². The topological polar surface area (TPSA) is 104 Å². The Bertz CT molecular complexity index is 1210. The molecule has 0 spiro atoms. The van der Waals surface area contributed by atoms with Gasteiger partial charge in [0, 0.05) is 43.2 Å². The third-order valence-corrected chi connectivity index (χ3v) is 4.24. The number of hydrogen-bond donors (Lipinski definition) is 0. The average Bonchev–Trinajstić information content (AvgIpc) is 3.13. The Kier molecular flexibility index (Phi) is 4.37. The minimum Gasteiger partial charge on any atom is -0.422 e. The number of rotatable bonds is 5. The predicted octanol–water partition coefficient (Wildman–Crippen LogP) is 2.34. The van der Waals surface area contributed by atoms with Gasteiger partial charge in [-0.1, -0.05) is 5.16 Å². The van der Waals surface area contributed by atoms with E-state index in [1.165, 1.54) is 6.07 Å². The molecule has 8 heteroatoms. The Labute approximate surface area is 153 Å². The Hall–Kier alpha value is -3.55. The second-order valence-electron chi connectivity index (χ2n) is 6.16. The van der Waals surface area contributed by atoms with Gasteiger partial charge in [0.05, 0.1) is 5.39 Å². The van der Waals surface area contributed by atoms with Crippen LogP contribution < -0.4 is 11.2 Å². The zero-order valence-corrected chi connectivity index (χ0v) is 14.6. The normalized spacial score (nSPS) is 11.1. The summed E-state index contributed by atoms with van der Waals surface area (Å²) in [6.45, 7) is 2.21. The largest absolute Gasteiger partial charge is 0.422 e. The lowest BCUT2D eigenvalue weighted by molar-refractivity contribution is 0.372. The summed E-state index contributed by atoms with van der Waals surface area (Å²) >= 11 is 0. The van der Waals surface area contributed by atoms with Gasteiger partial charge in [0.1, 0.15) is 5.58 Å². The van der Waals surface area contributed by atoms with Gasteiger partial charge in [0.2, 0.25) is 11.7 Å². The summed E-state index contributed by atoms with van der Waals surface area (Å²) in [4.78, 5) is 32.5. The molecule has 4 heterocycles. The molecule has 0 aliphatic heterocycles. The first-order valence-electron chi connectivity index (χ1n) is 8.49. The fourth-order valence-corrected chi connectivity index (χ4v) is 2.94. The molecule has 0 aliphatic carbocycles. The molecule has 0 saturated heterocycles. The maximum Gasteiger partial charge on any atom is 0.336 e. The summed E-state index contributed by atoms with van der Waals surface area (Å²) in [7, 11) is 0. The van der Waals surface area contributed by atoms with Crippen molar-refractivity contribution in [3.8, 4) is 11.4 Å². The summed E-state index contributed by atoms with van der Waals surface area (Å²) in [5.41, 5.74) is 1.06. The van der Waals surface area contributed by atoms with Gasteiger partial charge >= 0.3 is 5.63 Å². The van der Waals surface area contributed by atoms with Crippen molar-refractivity contribution in [3.05, 3.63) is 75.1 Å². The Morgan fingerprint density at radius 3 is 2.93 bits per heavy atom. The van der Waals surface area contributed by atoms with Crippen molar-refractivity contribution in [2.75, 3.05) is 0 Å². The van der Waals surface area contributed by atoms with Gasteiger partial charge in [-0.2, -0.15) is 4.98 Å². The molecule has 0 atom stereocenters. The first-order valence-corrected chi connectivity index (χ1v) is 8.49. The smallest absolute Gasteiger partial charge is 0.336 e. The molecule has 0 bridgehead atoms. The van der Waals surface area contributed by atoms with E-state index in [-0.39, 0.29) is 5.56 Å². The van der Waals surface area contributed by atoms with Crippen LogP contribution in [0.15, 0.2) is 61.4 Å². The highest BCUT2D eigenvalue weighted by Crippen LogP contribution is 2.15. The van der Waals surface area contributed by atoms with E-state index in [1.54, 1.807) is 36.1 Å². The molecular formula is C19H16N4O4. The molecule has 0 radical (unpaired) electrons. The fourth-order valence-electron chi connectivity index (χ4n) is 2.94. The van der Waals surface area contributed by atoms with Gasteiger partial charge < -0.3 is 13.5 Å². The van der Waals surface area contributed by atoms with Gasteiger partial charge in [-0.3, -0.25) is 9.78 Å². The van der Waals surface area contributed by atoms with Crippen molar-refractivity contribution in [3.63, 3.8) is 0 Å². The second kappa shape index (κ2) is 6.99. The number of pyridine rings is 2. The van der Waals surface area contributed by atoms with Crippen LogP contribution in [0.4, 0.5) is 0 Å². The molecule has 0 amide bonds. The van der Waals surface area contributed by atoms with Crippen LogP contribution in [0.1, 0.15) is 17.9 Å². The maximum atomic E-state index is 12.6. The summed E-state index contributed by atoms with van der Waals surface area (Å²) < 4.78 is 11.9. The summed E-state index contributed by atoms with van der Waals surface area (Å²) in [5.74, 6) is 0.997. The molecule has 0 aromatic carbocycles. The predicted molar refractivity (Wildman–Crippen MR) is 97.3 cm³/mol. The van der Waals surface area contributed by atoms with Crippen LogP contribution in [0.3, 0.4) is 0 Å². The van der Waals surface area contributed by atoms with Crippen LogP contribution >= 0.6 is 0 Å². The number of fused-ring (bicyclic) bond motifs is 1. The highest BCUT2D eigenvalue weighted by Gasteiger charge is 2.11. The molecule has 0 aliphatic rings. The lowest BCUT2D eigenvalue weighted by Gasteiger charge is -2.06. The minimum absolute atomic E-state index is 0.185. The molecule has 136 valence electrons. The van der Waals surface area contributed by atoms with Crippen molar-refractivity contribution < 1.29 is 8.94 Å². The lowest BCUT2D eigenvalue weighted by atomic mass is 10.2. The van der Waals surface area contributed by atoms with E-state index in [2.05, 4.69) is 15.1 Å². The number of aryl methyl sites for hydroxylation is 3. The highest BCUT2D eigenvalue weighted by atomic mass is 16.5. The van der Waals surface area contributed by atoms with Crippen molar-refractivity contribution in [1.29, 1.82) is 0 Å². The molecular weight excluding hydrogens is 348 g/mol. The Morgan fingerprint density at radius 2 is 2.11 bits per heavy atom. The molecule has 0 N–H and O–H groups in total. The first kappa shape index (κ1) is 16.9. The van der Waals surface area contributed by atoms with Gasteiger partial charge in [-0.25, -0.2) is 4.79 Å². The van der Waals surface area contributed by atoms with Crippen molar-refractivity contribution in [1.82, 2.24) is 19.7 Å². The van der Waals surface area contributed by atoms with E-state index in [4.69, 9.17) is 8.94 Å². The molecule has 4 aromatic rings. The maximum absolute atomic E-state index is 12.6. The van der Waals surface area contributed by atoms with Crippen molar-refractivity contribution >= 4 is 11.0 Å². The quantitative estimate of drug-likeness (QED) is 0.535. The summed E-state index contributed by atoms with van der Waals surface area (Å²) in [6.07, 6.45) is 6.17. The van der Waals surface area contributed by atoms with E-state index in [1.807, 2.05) is 12.1 Å². The van der Waals surface area contributed by atoms with Crippen LogP contribution in [0.25, 0.3) is 22.4 Å². The lowest BCUT2D eigenvalue weighted by Crippen LogP contribution is -2.21. The third-order valence-electron chi connectivity index (χ3n) is 4.24. The Balaban J connectivity index is 1.48. The molecule has 4 rings (SSSR count). The van der Waals surface area contributed by atoms with Crippen LogP contribution in [0.2, 0.25) is 0 Å². The summed E-state index contributed by atoms with van der Waals surface area (Å²) in [6, 6.07) is 6.63. The average molecular weight is 364 g/mol. The highest BCUT2D eigenvalue weighted by molar-refractivity contribution is 5.78. The van der Waals surface area contributed by atoms with Crippen LogP contribution in [0.5, 0.6) is 0 Å².